The van der Waals surface area contributed by atoms with E-state index in [2.05, 4.69) is 27.7 Å². The second kappa shape index (κ2) is 3.81. The highest BCUT2D eigenvalue weighted by Crippen LogP contribution is 2.32. The van der Waals surface area contributed by atoms with Gasteiger partial charge in [-0.05, 0) is 23.5 Å². The molecule has 1 aromatic carbocycles. The molecule has 16 heavy (non-hydrogen) atoms. The smallest absolute Gasteiger partial charge is 0.391 e. The van der Waals surface area contributed by atoms with Crippen LogP contribution >= 0.6 is 0 Å². The van der Waals surface area contributed by atoms with Gasteiger partial charge in [-0.25, -0.2) is 4.79 Å². The van der Waals surface area contributed by atoms with Crippen molar-refractivity contribution in [2.75, 3.05) is 0 Å². The van der Waals surface area contributed by atoms with Crippen LogP contribution in [0.2, 0.25) is 0 Å². The molecule has 0 atom stereocenters. The minimum atomic E-state index is -0.627. The molecule has 3 heteroatoms. The largest absolute Gasteiger partial charge is 0.519 e. The Morgan fingerprint density at radius 1 is 1.00 bits per heavy atom. The van der Waals surface area contributed by atoms with E-state index in [0.717, 1.165) is 5.56 Å². The van der Waals surface area contributed by atoms with Gasteiger partial charge in [-0.1, -0.05) is 33.8 Å². The Hall–Kier alpha value is -1.51. The lowest BCUT2D eigenvalue weighted by atomic mass is 9.90. The van der Waals surface area contributed by atoms with Crippen LogP contribution in [0.5, 0.6) is 0 Å². The molecule has 2 rings (SSSR count). The van der Waals surface area contributed by atoms with Crippen molar-refractivity contribution < 1.29 is 8.83 Å². The average Bonchev–Trinajstić information content (AvgIpc) is 2.55. The lowest BCUT2D eigenvalue weighted by Crippen LogP contribution is -1.99. The Balaban J connectivity index is 2.83. The number of rotatable bonds is 2. The van der Waals surface area contributed by atoms with E-state index in [-0.39, 0.29) is 0 Å². The molecule has 0 aliphatic heterocycles. The van der Waals surface area contributed by atoms with Crippen LogP contribution in [0.1, 0.15) is 50.7 Å². The van der Waals surface area contributed by atoms with Crippen molar-refractivity contribution in [2.45, 2.75) is 39.5 Å². The maximum absolute atomic E-state index is 11.1. The summed E-state index contributed by atoms with van der Waals surface area (Å²) in [5.74, 6) is 0.0849. The van der Waals surface area contributed by atoms with Crippen LogP contribution in [0.25, 0.3) is 11.2 Å². The maximum Gasteiger partial charge on any atom is 0.519 e. The highest BCUT2D eigenvalue weighted by atomic mass is 16.6. The Bertz CT molecular complexity index is 558. The maximum atomic E-state index is 11.1. The highest BCUT2D eigenvalue weighted by molar-refractivity contribution is 5.76. The third-order valence-electron chi connectivity index (χ3n) is 2.77. The van der Waals surface area contributed by atoms with Crippen LogP contribution < -0.4 is 5.82 Å². The quantitative estimate of drug-likeness (QED) is 0.776. The van der Waals surface area contributed by atoms with E-state index in [1.165, 1.54) is 5.56 Å². The molecule has 0 N–H and O–H groups in total. The fourth-order valence-electron chi connectivity index (χ4n) is 2.07. The van der Waals surface area contributed by atoms with E-state index in [1.54, 1.807) is 6.07 Å². The zero-order chi connectivity index (χ0) is 11.9. The van der Waals surface area contributed by atoms with Crippen LogP contribution in [0.15, 0.2) is 25.8 Å². The zero-order valence-electron chi connectivity index (χ0n) is 10.0. The lowest BCUT2D eigenvalue weighted by molar-refractivity contribution is 0.408. The topological polar surface area (TPSA) is 43.4 Å². The minimum Gasteiger partial charge on any atom is -0.391 e. The minimum absolute atomic E-state index is 0.307. The summed E-state index contributed by atoms with van der Waals surface area (Å²) < 4.78 is 10.1. The summed E-state index contributed by atoms with van der Waals surface area (Å²) in [6, 6.07) is 3.82. The van der Waals surface area contributed by atoms with Gasteiger partial charge in [0.05, 0.1) is 0 Å². The van der Waals surface area contributed by atoms with E-state index in [4.69, 9.17) is 8.83 Å². The van der Waals surface area contributed by atoms with E-state index in [0.29, 0.717) is 23.0 Å². The van der Waals surface area contributed by atoms with Gasteiger partial charge in [-0.3, -0.25) is 0 Å². The summed E-state index contributed by atoms with van der Waals surface area (Å²) in [6.07, 6.45) is 0. The first-order valence-corrected chi connectivity index (χ1v) is 5.57. The second-order valence-corrected chi connectivity index (χ2v) is 4.66. The van der Waals surface area contributed by atoms with Gasteiger partial charge in [0.15, 0.2) is 11.2 Å². The summed E-state index contributed by atoms with van der Waals surface area (Å²) >= 11 is 0. The van der Waals surface area contributed by atoms with Crippen molar-refractivity contribution in [2.24, 2.45) is 0 Å². The van der Waals surface area contributed by atoms with Crippen LogP contribution in [-0.4, -0.2) is 0 Å². The lowest BCUT2D eigenvalue weighted by Gasteiger charge is -2.14. The number of fused-ring (bicyclic) bond motifs is 1. The van der Waals surface area contributed by atoms with Gasteiger partial charge in [0.25, 0.3) is 0 Å². The molecule has 0 radical (unpaired) electrons. The van der Waals surface area contributed by atoms with Gasteiger partial charge in [-0.2, -0.15) is 0 Å². The molecular formula is C13H16O3. The first-order valence-electron chi connectivity index (χ1n) is 5.57. The predicted octanol–water partition coefficient (Wildman–Crippen LogP) is 3.63. The molecule has 1 aromatic heterocycles. The van der Waals surface area contributed by atoms with Crippen molar-refractivity contribution in [1.82, 2.24) is 0 Å². The van der Waals surface area contributed by atoms with Gasteiger partial charge in [-0.15, -0.1) is 0 Å². The molecule has 0 amide bonds. The summed E-state index contributed by atoms with van der Waals surface area (Å²) in [4.78, 5) is 11.1. The Morgan fingerprint density at radius 3 is 2.25 bits per heavy atom. The number of hydrogen-bond acceptors (Lipinski definition) is 3. The molecule has 0 aliphatic carbocycles. The Kier molecular flexibility index (Phi) is 2.62. The van der Waals surface area contributed by atoms with E-state index in [1.807, 2.05) is 6.07 Å². The molecule has 1 heterocycles. The normalized spacial score (nSPS) is 11.9. The Labute approximate surface area is 94.1 Å². The van der Waals surface area contributed by atoms with Gasteiger partial charge in [0.1, 0.15) is 0 Å². The fraction of sp³-hybridized carbons (Fsp3) is 0.462. The molecule has 0 saturated carbocycles. The van der Waals surface area contributed by atoms with Crippen LogP contribution in [-0.2, 0) is 0 Å². The molecule has 0 unspecified atom stereocenters. The van der Waals surface area contributed by atoms with E-state index in [9.17, 15) is 4.79 Å². The van der Waals surface area contributed by atoms with Gasteiger partial charge >= 0.3 is 5.82 Å². The molecule has 0 saturated heterocycles. The molecule has 0 bridgehead atoms. The predicted molar refractivity (Wildman–Crippen MR) is 62.9 cm³/mol. The number of benzene rings is 1. The molecule has 0 fully saturated rings. The molecule has 0 spiro atoms. The molecule has 0 aliphatic rings. The standard InChI is InChI=1S/C13H16O3/c1-7(2)9-5-6-10-12(11(9)8(3)4)16-13(14)15-10/h5-8H,1-4H3. The third kappa shape index (κ3) is 1.66. The van der Waals surface area contributed by atoms with Gasteiger partial charge in [0.2, 0.25) is 0 Å². The first kappa shape index (κ1) is 11.0. The average molecular weight is 220 g/mol. The Morgan fingerprint density at radius 2 is 1.69 bits per heavy atom. The molecular weight excluding hydrogens is 204 g/mol. The van der Waals surface area contributed by atoms with Crippen LogP contribution in [0.3, 0.4) is 0 Å². The third-order valence-corrected chi connectivity index (χ3v) is 2.77. The molecule has 86 valence electrons. The molecule has 2 aromatic rings. The molecule has 3 nitrogen and oxygen atoms in total. The van der Waals surface area contributed by atoms with Crippen molar-refractivity contribution in [1.29, 1.82) is 0 Å². The monoisotopic (exact) mass is 220 g/mol. The van der Waals surface area contributed by atoms with E-state index >= 15 is 0 Å². The number of hydrogen-bond donors (Lipinski definition) is 0. The first-order chi connectivity index (χ1) is 7.50. The van der Waals surface area contributed by atoms with Gasteiger partial charge < -0.3 is 8.83 Å². The summed E-state index contributed by atoms with van der Waals surface area (Å²) in [7, 11) is 0. The van der Waals surface area contributed by atoms with Crippen molar-refractivity contribution in [3.8, 4) is 0 Å². The van der Waals surface area contributed by atoms with E-state index < -0.39 is 5.82 Å². The van der Waals surface area contributed by atoms with Crippen molar-refractivity contribution in [3.05, 3.63) is 33.9 Å². The van der Waals surface area contributed by atoms with Crippen LogP contribution in [0, 0.1) is 0 Å². The highest BCUT2D eigenvalue weighted by Gasteiger charge is 2.18. The van der Waals surface area contributed by atoms with Crippen molar-refractivity contribution >= 4 is 11.2 Å². The SMILES string of the molecule is CC(C)c1ccc2oc(=O)oc2c1C(C)C. The zero-order valence-corrected chi connectivity index (χ0v) is 10.0. The second-order valence-electron chi connectivity index (χ2n) is 4.66. The van der Waals surface area contributed by atoms with Crippen LogP contribution in [0.4, 0.5) is 0 Å². The summed E-state index contributed by atoms with van der Waals surface area (Å²) in [6.45, 7) is 8.44. The van der Waals surface area contributed by atoms with Crippen molar-refractivity contribution in [3.63, 3.8) is 0 Å². The van der Waals surface area contributed by atoms with Gasteiger partial charge in [0, 0.05) is 5.56 Å². The fourth-order valence-corrected chi connectivity index (χ4v) is 2.07. The summed E-state index contributed by atoms with van der Waals surface area (Å²) in [5, 5.41) is 0. The summed E-state index contributed by atoms with van der Waals surface area (Å²) in [5.41, 5.74) is 3.44.